The average Bonchev–Trinajstić information content (AvgIpc) is 2.50. The van der Waals surface area contributed by atoms with Crippen LogP contribution in [0.5, 0.6) is 0 Å². The van der Waals surface area contributed by atoms with E-state index in [1.807, 2.05) is 0 Å². The standard InChI is InChI=1S/C12H24N2O8/c15-11(14-18)1-3-19-5-7-21-9-10-22-8-6-20-4-2-13-12(16)17/h13,18H,1-10H2,(H,14,15)(H,16,17). The number of hydroxylamine groups is 1. The van der Waals surface area contributed by atoms with Gasteiger partial charge in [0.25, 0.3) is 0 Å². The second-order valence-electron chi connectivity index (χ2n) is 3.97. The van der Waals surface area contributed by atoms with Crippen molar-refractivity contribution in [3.63, 3.8) is 0 Å². The first-order valence-electron chi connectivity index (χ1n) is 6.87. The molecular weight excluding hydrogens is 300 g/mol. The van der Waals surface area contributed by atoms with Crippen molar-refractivity contribution in [3.05, 3.63) is 0 Å². The highest BCUT2D eigenvalue weighted by Crippen LogP contribution is 1.85. The van der Waals surface area contributed by atoms with Crippen LogP contribution in [0.1, 0.15) is 6.42 Å². The van der Waals surface area contributed by atoms with Gasteiger partial charge in [0.2, 0.25) is 5.91 Å². The molecule has 0 aliphatic rings. The first-order chi connectivity index (χ1) is 10.7. The molecule has 0 aromatic rings. The highest BCUT2D eigenvalue weighted by Gasteiger charge is 1.98. The van der Waals surface area contributed by atoms with E-state index in [1.54, 1.807) is 0 Å². The maximum atomic E-state index is 10.6. The number of carbonyl (C=O) groups excluding carboxylic acids is 1. The topological polar surface area (TPSA) is 136 Å². The van der Waals surface area contributed by atoms with E-state index in [4.69, 9.17) is 29.3 Å². The van der Waals surface area contributed by atoms with Gasteiger partial charge in [0.15, 0.2) is 0 Å². The molecule has 0 spiro atoms. The van der Waals surface area contributed by atoms with Gasteiger partial charge in [-0.05, 0) is 0 Å². The van der Waals surface area contributed by atoms with E-state index in [9.17, 15) is 9.59 Å². The lowest BCUT2D eigenvalue weighted by atomic mass is 10.4. The molecule has 0 rings (SSSR count). The van der Waals surface area contributed by atoms with Gasteiger partial charge in [0.05, 0.1) is 59.3 Å². The molecule has 130 valence electrons. The van der Waals surface area contributed by atoms with Gasteiger partial charge in [-0.3, -0.25) is 10.0 Å². The average molecular weight is 324 g/mol. The van der Waals surface area contributed by atoms with Crippen molar-refractivity contribution in [2.24, 2.45) is 0 Å². The number of amides is 2. The summed E-state index contributed by atoms with van der Waals surface area (Å²) in [7, 11) is 0. The molecule has 0 aromatic carbocycles. The summed E-state index contributed by atoms with van der Waals surface area (Å²) < 4.78 is 20.7. The molecule has 0 radical (unpaired) electrons. The summed E-state index contributed by atoms with van der Waals surface area (Å²) >= 11 is 0. The Labute approximate surface area is 128 Å². The Morgan fingerprint density at radius 2 is 1.23 bits per heavy atom. The van der Waals surface area contributed by atoms with Crippen LogP contribution in [0, 0.1) is 0 Å². The third-order valence-corrected chi connectivity index (χ3v) is 2.24. The van der Waals surface area contributed by atoms with Crippen molar-refractivity contribution < 1.29 is 38.9 Å². The highest BCUT2D eigenvalue weighted by molar-refractivity contribution is 5.74. The molecule has 10 nitrogen and oxygen atoms in total. The van der Waals surface area contributed by atoms with Crippen molar-refractivity contribution in [1.82, 2.24) is 10.8 Å². The number of carbonyl (C=O) groups is 2. The third kappa shape index (κ3) is 16.6. The van der Waals surface area contributed by atoms with E-state index in [-0.39, 0.29) is 19.6 Å². The number of rotatable bonds is 15. The molecule has 0 aliphatic carbocycles. The predicted molar refractivity (Wildman–Crippen MR) is 73.8 cm³/mol. The summed E-state index contributed by atoms with van der Waals surface area (Å²) in [4.78, 5) is 20.8. The zero-order chi connectivity index (χ0) is 16.5. The van der Waals surface area contributed by atoms with Crippen molar-refractivity contribution in [3.8, 4) is 0 Å². The van der Waals surface area contributed by atoms with Crippen LogP contribution in [-0.2, 0) is 23.7 Å². The monoisotopic (exact) mass is 324 g/mol. The van der Waals surface area contributed by atoms with Crippen LogP contribution in [0.3, 0.4) is 0 Å². The Kier molecular flexibility index (Phi) is 14.9. The van der Waals surface area contributed by atoms with Crippen LogP contribution < -0.4 is 10.8 Å². The molecule has 4 N–H and O–H groups in total. The molecule has 10 heteroatoms. The lowest BCUT2D eigenvalue weighted by Crippen LogP contribution is -2.25. The summed E-state index contributed by atoms with van der Waals surface area (Å²) in [6.07, 6.45) is -0.973. The van der Waals surface area contributed by atoms with Crippen LogP contribution in [0.2, 0.25) is 0 Å². The SMILES string of the molecule is O=C(O)NCCOCCOCCOCCOCCC(=O)NO. The van der Waals surface area contributed by atoms with Gasteiger partial charge in [-0.1, -0.05) is 0 Å². The highest BCUT2D eigenvalue weighted by atomic mass is 16.6. The van der Waals surface area contributed by atoms with E-state index < -0.39 is 12.0 Å². The Balaban J connectivity index is 3.02. The molecule has 0 aliphatic heterocycles. The van der Waals surface area contributed by atoms with Crippen LogP contribution in [0.15, 0.2) is 0 Å². The van der Waals surface area contributed by atoms with Crippen LogP contribution in [0.4, 0.5) is 4.79 Å². The molecule has 0 heterocycles. The fourth-order valence-electron chi connectivity index (χ4n) is 1.21. The molecule has 0 unspecified atom stereocenters. The van der Waals surface area contributed by atoms with Gasteiger partial charge >= 0.3 is 6.09 Å². The molecule has 0 atom stereocenters. The first-order valence-corrected chi connectivity index (χ1v) is 6.87. The minimum atomic E-state index is -1.07. The number of hydrogen-bond acceptors (Lipinski definition) is 7. The predicted octanol–water partition coefficient (Wildman–Crippen LogP) is -0.784. The number of ether oxygens (including phenoxy) is 4. The van der Waals surface area contributed by atoms with Crippen LogP contribution in [-0.4, -0.2) is 81.7 Å². The van der Waals surface area contributed by atoms with Gasteiger partial charge in [0, 0.05) is 6.54 Å². The zero-order valence-corrected chi connectivity index (χ0v) is 12.4. The zero-order valence-electron chi connectivity index (χ0n) is 12.4. The van der Waals surface area contributed by atoms with Gasteiger partial charge in [0.1, 0.15) is 0 Å². The van der Waals surface area contributed by atoms with Crippen molar-refractivity contribution in [2.75, 3.05) is 59.4 Å². The molecule has 22 heavy (non-hydrogen) atoms. The molecule has 0 fully saturated rings. The maximum Gasteiger partial charge on any atom is 0.404 e. The Morgan fingerprint density at radius 1 is 0.773 bits per heavy atom. The fraction of sp³-hybridized carbons (Fsp3) is 0.833. The molecule has 0 saturated heterocycles. The Hall–Kier alpha value is -1.46. The summed E-state index contributed by atoms with van der Waals surface area (Å²) in [6, 6.07) is 0. The molecular formula is C12H24N2O8. The maximum absolute atomic E-state index is 10.6. The molecule has 0 saturated carbocycles. The molecule has 2 amide bonds. The van der Waals surface area contributed by atoms with E-state index in [2.05, 4.69) is 5.32 Å². The summed E-state index contributed by atoms with van der Waals surface area (Å²) in [6.45, 7) is 3.15. The summed E-state index contributed by atoms with van der Waals surface area (Å²) in [5.74, 6) is -0.490. The minimum absolute atomic E-state index is 0.0988. The van der Waals surface area contributed by atoms with Crippen molar-refractivity contribution in [1.29, 1.82) is 0 Å². The number of nitrogens with one attached hydrogen (secondary N) is 2. The second kappa shape index (κ2) is 15.9. The Bertz CT molecular complexity index is 290. The fourth-order valence-corrected chi connectivity index (χ4v) is 1.21. The lowest BCUT2D eigenvalue weighted by Gasteiger charge is -2.07. The van der Waals surface area contributed by atoms with Crippen molar-refractivity contribution >= 4 is 12.0 Å². The van der Waals surface area contributed by atoms with E-state index in [0.717, 1.165) is 0 Å². The normalized spacial score (nSPS) is 10.4. The molecule has 0 aromatic heterocycles. The molecule has 0 bridgehead atoms. The Morgan fingerprint density at radius 3 is 1.68 bits per heavy atom. The first kappa shape index (κ1) is 20.5. The summed E-state index contributed by atoms with van der Waals surface area (Å²) in [5, 5.41) is 18.7. The van der Waals surface area contributed by atoms with Gasteiger partial charge in [-0.2, -0.15) is 0 Å². The van der Waals surface area contributed by atoms with Crippen LogP contribution >= 0.6 is 0 Å². The minimum Gasteiger partial charge on any atom is -0.465 e. The van der Waals surface area contributed by atoms with E-state index in [0.29, 0.717) is 46.2 Å². The van der Waals surface area contributed by atoms with Gasteiger partial charge in [-0.25, -0.2) is 10.3 Å². The smallest absolute Gasteiger partial charge is 0.404 e. The van der Waals surface area contributed by atoms with Gasteiger partial charge in [-0.15, -0.1) is 0 Å². The second-order valence-corrected chi connectivity index (χ2v) is 3.97. The van der Waals surface area contributed by atoms with Crippen LogP contribution in [0.25, 0.3) is 0 Å². The lowest BCUT2D eigenvalue weighted by molar-refractivity contribution is -0.130. The largest absolute Gasteiger partial charge is 0.465 e. The quantitative estimate of drug-likeness (QED) is 0.175. The van der Waals surface area contributed by atoms with E-state index >= 15 is 0 Å². The third-order valence-electron chi connectivity index (χ3n) is 2.24. The summed E-state index contributed by atoms with van der Waals surface area (Å²) in [5.41, 5.74) is 1.51. The van der Waals surface area contributed by atoms with Gasteiger partial charge < -0.3 is 29.4 Å². The van der Waals surface area contributed by atoms with Crippen molar-refractivity contribution in [2.45, 2.75) is 6.42 Å². The number of hydrogen-bond donors (Lipinski definition) is 4. The number of carboxylic acid groups (broad SMARTS) is 1. The van der Waals surface area contributed by atoms with E-state index in [1.165, 1.54) is 5.48 Å².